The summed E-state index contributed by atoms with van der Waals surface area (Å²) in [5, 5.41) is 11.8. The number of hydrogen-bond donors (Lipinski definition) is 3. The van der Waals surface area contributed by atoms with Crippen LogP contribution in [0.5, 0.6) is 5.75 Å². The number of rotatable bonds is 3. The molecule has 94 valence electrons. The molecule has 1 rings (SSSR count). The van der Waals surface area contributed by atoms with E-state index in [1.807, 2.05) is 0 Å². The van der Waals surface area contributed by atoms with Crippen LogP contribution in [0.2, 0.25) is 5.02 Å². The van der Waals surface area contributed by atoms with E-state index in [0.717, 1.165) is 0 Å². The van der Waals surface area contributed by atoms with E-state index in [4.69, 9.17) is 11.6 Å². The Hall–Kier alpha value is -1.04. The number of amides is 1. The fourth-order valence-electron chi connectivity index (χ4n) is 1.11. The van der Waals surface area contributed by atoms with Crippen molar-refractivity contribution in [2.24, 2.45) is 0 Å². The Morgan fingerprint density at radius 1 is 1.47 bits per heavy atom. The predicted octanol–water partition coefficient (Wildman–Crippen LogP) is 1.54. The minimum Gasteiger partial charge on any atom is -0.504 e. The summed E-state index contributed by atoms with van der Waals surface area (Å²) in [4.78, 5) is 10.9. The standard InChI is InChI=1S/C8H10ClN2O4PS/c1-4(12)10-7-3-5(11-17(14,15)16)2-6(9)8(7)13/h2-3,11,13H,16H2,1H3,(H,10,12). The predicted molar refractivity (Wildman–Crippen MR) is 69.7 cm³/mol. The lowest BCUT2D eigenvalue weighted by atomic mass is 10.2. The third-order valence-electron chi connectivity index (χ3n) is 1.63. The maximum atomic E-state index is 11.0. The van der Waals surface area contributed by atoms with Crippen LogP contribution in [-0.4, -0.2) is 19.4 Å². The smallest absolute Gasteiger partial charge is 0.243 e. The van der Waals surface area contributed by atoms with Crippen LogP contribution in [0, 0.1) is 0 Å². The Morgan fingerprint density at radius 3 is 2.53 bits per heavy atom. The first kappa shape index (κ1) is 14.0. The topological polar surface area (TPSA) is 95.5 Å². The van der Waals surface area contributed by atoms with Crippen LogP contribution in [0.1, 0.15) is 6.92 Å². The zero-order chi connectivity index (χ0) is 13.2. The van der Waals surface area contributed by atoms with Crippen molar-refractivity contribution in [3.63, 3.8) is 0 Å². The molecule has 0 aliphatic rings. The molecule has 0 saturated heterocycles. The molecule has 9 heteroatoms. The molecule has 1 atom stereocenters. The molecule has 0 spiro atoms. The molecule has 0 bridgehead atoms. The van der Waals surface area contributed by atoms with Gasteiger partial charge in [-0.2, -0.15) is 0 Å². The van der Waals surface area contributed by atoms with Crippen LogP contribution < -0.4 is 10.0 Å². The highest BCUT2D eigenvalue weighted by atomic mass is 35.5. The van der Waals surface area contributed by atoms with E-state index >= 15 is 0 Å². The minimum atomic E-state index is -3.54. The Balaban J connectivity index is 3.18. The molecule has 0 saturated carbocycles. The van der Waals surface area contributed by atoms with Crippen molar-refractivity contribution < 1.29 is 18.3 Å². The summed E-state index contributed by atoms with van der Waals surface area (Å²) in [6.07, 6.45) is 0. The normalized spacial score (nSPS) is 11.0. The van der Waals surface area contributed by atoms with Gasteiger partial charge < -0.3 is 10.4 Å². The summed E-state index contributed by atoms with van der Waals surface area (Å²) in [6, 6.07) is 2.48. The van der Waals surface area contributed by atoms with E-state index in [0.29, 0.717) is 0 Å². The van der Waals surface area contributed by atoms with Crippen LogP contribution in [0.3, 0.4) is 0 Å². The SMILES string of the molecule is CC(=O)Nc1cc(NS(=O)(=O)P)cc(Cl)c1O. The maximum absolute atomic E-state index is 11.0. The van der Waals surface area contributed by atoms with Crippen LogP contribution >= 0.6 is 20.0 Å². The molecule has 0 heterocycles. The second kappa shape index (κ2) is 5.08. The highest BCUT2D eigenvalue weighted by molar-refractivity contribution is 8.38. The van der Waals surface area contributed by atoms with Crippen molar-refractivity contribution >= 4 is 47.0 Å². The van der Waals surface area contributed by atoms with Crippen LogP contribution in [0.15, 0.2) is 12.1 Å². The van der Waals surface area contributed by atoms with Crippen LogP contribution in [-0.2, 0) is 14.4 Å². The third kappa shape index (κ3) is 4.38. The Bertz CT molecular complexity index is 561. The van der Waals surface area contributed by atoms with Crippen molar-refractivity contribution in [3.05, 3.63) is 17.2 Å². The number of anilines is 2. The number of carbonyl (C=O) groups is 1. The second-order valence-corrected chi connectivity index (χ2v) is 6.75. The van der Waals surface area contributed by atoms with E-state index in [2.05, 4.69) is 10.0 Å². The van der Waals surface area contributed by atoms with Gasteiger partial charge in [0.25, 0.3) is 0 Å². The van der Waals surface area contributed by atoms with Gasteiger partial charge in [0.2, 0.25) is 15.6 Å². The quantitative estimate of drug-likeness (QED) is 0.448. The number of nitrogens with one attached hydrogen (secondary N) is 2. The fraction of sp³-hybridized carbons (Fsp3) is 0.125. The monoisotopic (exact) mass is 296 g/mol. The Kier molecular flexibility index (Phi) is 4.19. The molecule has 0 radical (unpaired) electrons. The summed E-state index contributed by atoms with van der Waals surface area (Å²) >= 11 is 5.69. The summed E-state index contributed by atoms with van der Waals surface area (Å²) in [5.74, 6) is -0.740. The molecule has 6 nitrogen and oxygen atoms in total. The highest BCUT2D eigenvalue weighted by Crippen LogP contribution is 2.35. The molecule has 0 aliphatic heterocycles. The molecule has 0 fully saturated rings. The molecule has 17 heavy (non-hydrogen) atoms. The van der Waals surface area contributed by atoms with E-state index in [9.17, 15) is 18.3 Å². The molecule has 1 unspecified atom stereocenters. The van der Waals surface area contributed by atoms with Crippen molar-refractivity contribution in [1.82, 2.24) is 0 Å². The molecular formula is C8H10ClN2O4PS. The maximum Gasteiger partial charge on any atom is 0.243 e. The summed E-state index contributed by atoms with van der Waals surface area (Å²) in [6.45, 7) is 1.25. The van der Waals surface area contributed by atoms with Gasteiger partial charge in [-0.05, 0) is 12.1 Å². The highest BCUT2D eigenvalue weighted by Gasteiger charge is 2.11. The van der Waals surface area contributed by atoms with Crippen LogP contribution in [0.25, 0.3) is 0 Å². The van der Waals surface area contributed by atoms with Gasteiger partial charge in [0.1, 0.15) is 0 Å². The average Bonchev–Trinajstić information content (AvgIpc) is 2.09. The van der Waals surface area contributed by atoms with Gasteiger partial charge in [-0.1, -0.05) is 11.6 Å². The molecule has 0 aromatic heterocycles. The van der Waals surface area contributed by atoms with Crippen LogP contribution in [0.4, 0.5) is 11.4 Å². The number of aromatic hydroxyl groups is 1. The molecular weight excluding hydrogens is 287 g/mol. The van der Waals surface area contributed by atoms with Crippen molar-refractivity contribution in [1.29, 1.82) is 0 Å². The lowest BCUT2D eigenvalue weighted by molar-refractivity contribution is -0.114. The molecule has 1 amide bonds. The van der Waals surface area contributed by atoms with Gasteiger partial charge in [0.15, 0.2) is 5.75 Å². The van der Waals surface area contributed by atoms with E-state index in [1.165, 1.54) is 19.1 Å². The van der Waals surface area contributed by atoms with Crippen molar-refractivity contribution in [2.45, 2.75) is 6.92 Å². The minimum absolute atomic E-state index is 0.0288. The number of phenolic OH excluding ortho intramolecular Hbond substituents is 1. The number of carbonyl (C=O) groups excluding carboxylic acids is 1. The zero-order valence-corrected chi connectivity index (χ0v) is 11.4. The summed E-state index contributed by atoms with van der Waals surface area (Å²) < 4.78 is 24.1. The second-order valence-electron chi connectivity index (χ2n) is 3.18. The van der Waals surface area contributed by atoms with Gasteiger partial charge in [0, 0.05) is 15.4 Å². The lowest BCUT2D eigenvalue weighted by Gasteiger charge is -2.10. The molecule has 0 aliphatic carbocycles. The molecule has 1 aromatic rings. The first-order chi connectivity index (χ1) is 7.69. The number of halogens is 1. The average molecular weight is 297 g/mol. The number of benzene rings is 1. The van der Waals surface area contributed by atoms with Gasteiger partial charge >= 0.3 is 0 Å². The van der Waals surface area contributed by atoms with E-state index in [-0.39, 0.29) is 22.1 Å². The van der Waals surface area contributed by atoms with Gasteiger partial charge in [0.05, 0.1) is 16.4 Å². The zero-order valence-electron chi connectivity index (χ0n) is 8.69. The van der Waals surface area contributed by atoms with Gasteiger partial charge in [-0.15, -0.1) is 0 Å². The number of hydrogen-bond acceptors (Lipinski definition) is 4. The van der Waals surface area contributed by atoms with E-state index < -0.39 is 15.6 Å². The Morgan fingerprint density at radius 2 is 2.06 bits per heavy atom. The third-order valence-corrected chi connectivity index (χ3v) is 2.80. The lowest BCUT2D eigenvalue weighted by Crippen LogP contribution is -2.08. The van der Waals surface area contributed by atoms with Gasteiger partial charge in [-0.25, -0.2) is 8.42 Å². The van der Waals surface area contributed by atoms with E-state index in [1.54, 1.807) is 8.44 Å². The Labute approximate surface area is 105 Å². The largest absolute Gasteiger partial charge is 0.504 e. The summed E-state index contributed by atoms with van der Waals surface area (Å²) in [7, 11) is -1.93. The first-order valence-electron chi connectivity index (χ1n) is 4.29. The molecule has 1 aromatic carbocycles. The number of phenols is 1. The first-order valence-corrected chi connectivity index (χ1v) is 7.63. The van der Waals surface area contributed by atoms with Gasteiger partial charge in [-0.3, -0.25) is 9.52 Å². The van der Waals surface area contributed by atoms with Crippen molar-refractivity contribution in [2.75, 3.05) is 10.0 Å². The fourth-order valence-corrected chi connectivity index (χ4v) is 2.18. The summed E-state index contributed by atoms with van der Waals surface area (Å²) in [5.41, 5.74) is 0.160. The molecule has 3 N–H and O–H groups in total. The van der Waals surface area contributed by atoms with Crippen molar-refractivity contribution in [3.8, 4) is 5.75 Å².